The highest BCUT2D eigenvalue weighted by Crippen LogP contribution is 2.31. The topological polar surface area (TPSA) is 69.9 Å². The van der Waals surface area contributed by atoms with Crippen LogP contribution in [0.4, 0.5) is 11.4 Å². The number of nitrogens with two attached hydrogens (primary N) is 1. The number of anilines is 2. The minimum absolute atomic E-state index is 0. The Kier molecular flexibility index (Phi) is 6.70. The first-order chi connectivity index (χ1) is 13.1. The molecule has 0 saturated carbocycles. The summed E-state index contributed by atoms with van der Waals surface area (Å²) in [6.07, 6.45) is 5.86. The molecule has 2 N–H and O–H groups in total. The molecule has 6 nitrogen and oxygen atoms in total. The van der Waals surface area contributed by atoms with Crippen molar-refractivity contribution >= 4 is 35.6 Å². The van der Waals surface area contributed by atoms with Crippen LogP contribution < -0.4 is 10.6 Å². The van der Waals surface area contributed by atoms with Crippen molar-refractivity contribution in [2.75, 3.05) is 49.9 Å². The van der Waals surface area contributed by atoms with E-state index in [4.69, 9.17) is 5.73 Å². The van der Waals surface area contributed by atoms with Gasteiger partial charge in [0, 0.05) is 50.0 Å². The number of piperidine rings is 1. The Morgan fingerprint density at radius 2 is 1.68 bits per heavy atom. The number of rotatable bonds is 3. The summed E-state index contributed by atoms with van der Waals surface area (Å²) in [7, 11) is 0. The largest absolute Gasteiger partial charge is 0.398 e. The van der Waals surface area contributed by atoms with Crippen LogP contribution in [-0.2, 0) is 16.0 Å². The molecule has 3 heterocycles. The van der Waals surface area contributed by atoms with Crippen molar-refractivity contribution < 1.29 is 9.59 Å². The third-order valence-electron chi connectivity index (χ3n) is 6.32. The van der Waals surface area contributed by atoms with Gasteiger partial charge in [0.25, 0.3) is 0 Å². The number of hydrogen-bond donors (Lipinski definition) is 1. The molecular weight excluding hydrogens is 376 g/mol. The molecule has 3 aliphatic heterocycles. The third-order valence-corrected chi connectivity index (χ3v) is 6.32. The molecule has 0 atom stereocenters. The van der Waals surface area contributed by atoms with Crippen molar-refractivity contribution in [3.05, 3.63) is 23.8 Å². The van der Waals surface area contributed by atoms with Gasteiger partial charge in [-0.25, -0.2) is 0 Å². The lowest BCUT2D eigenvalue weighted by atomic mass is 9.95. The number of nitrogens with zero attached hydrogens (tertiary/aromatic N) is 3. The van der Waals surface area contributed by atoms with Crippen LogP contribution >= 0.6 is 12.4 Å². The first-order valence-corrected chi connectivity index (χ1v) is 10.3. The number of amides is 2. The second-order valence-corrected chi connectivity index (χ2v) is 8.06. The molecule has 3 aliphatic rings. The van der Waals surface area contributed by atoms with E-state index in [2.05, 4.69) is 11.0 Å². The summed E-state index contributed by atoms with van der Waals surface area (Å²) in [6, 6.07) is 5.97. The SMILES string of the molecule is Cl.Nc1cccc2c1CCCN2CC(=O)N1CCC(C(=O)N2CCCC2)CC1. The average Bonchev–Trinajstić information content (AvgIpc) is 3.23. The van der Waals surface area contributed by atoms with Gasteiger partial charge in [0.1, 0.15) is 0 Å². The lowest BCUT2D eigenvalue weighted by molar-refractivity contribution is -0.139. The Labute approximate surface area is 173 Å². The highest BCUT2D eigenvalue weighted by atomic mass is 35.5. The molecule has 0 spiro atoms. The van der Waals surface area contributed by atoms with E-state index in [1.807, 2.05) is 21.9 Å². The molecule has 154 valence electrons. The second kappa shape index (κ2) is 9.03. The lowest BCUT2D eigenvalue weighted by Gasteiger charge is -2.36. The fourth-order valence-corrected chi connectivity index (χ4v) is 4.73. The van der Waals surface area contributed by atoms with Crippen LogP contribution in [0.15, 0.2) is 18.2 Å². The van der Waals surface area contributed by atoms with Crippen LogP contribution in [0.3, 0.4) is 0 Å². The van der Waals surface area contributed by atoms with E-state index in [-0.39, 0.29) is 24.2 Å². The molecule has 2 saturated heterocycles. The zero-order chi connectivity index (χ0) is 18.8. The summed E-state index contributed by atoms with van der Waals surface area (Å²) in [5, 5.41) is 0. The maximum Gasteiger partial charge on any atom is 0.242 e. The molecule has 0 aromatic heterocycles. The molecule has 1 aromatic carbocycles. The summed E-state index contributed by atoms with van der Waals surface area (Å²) >= 11 is 0. The van der Waals surface area contributed by atoms with Gasteiger partial charge < -0.3 is 20.4 Å². The molecule has 2 fully saturated rings. The highest BCUT2D eigenvalue weighted by molar-refractivity contribution is 5.85. The summed E-state index contributed by atoms with van der Waals surface area (Å²) in [6.45, 7) is 4.51. The first-order valence-electron chi connectivity index (χ1n) is 10.3. The molecule has 0 aliphatic carbocycles. The van der Waals surface area contributed by atoms with Crippen molar-refractivity contribution in [1.29, 1.82) is 0 Å². The van der Waals surface area contributed by atoms with Crippen LogP contribution in [0.25, 0.3) is 0 Å². The Morgan fingerprint density at radius 3 is 2.39 bits per heavy atom. The van der Waals surface area contributed by atoms with E-state index in [1.54, 1.807) is 0 Å². The second-order valence-electron chi connectivity index (χ2n) is 8.06. The quantitative estimate of drug-likeness (QED) is 0.782. The standard InChI is InChI=1S/C21H30N4O2.ClH/c22-18-6-3-7-19-17(18)5-4-12-25(19)15-20(26)23-13-8-16(9-14-23)21(27)24-10-1-2-11-24;/h3,6-7,16H,1-2,4-5,8-15,22H2;1H. The van der Waals surface area contributed by atoms with E-state index < -0.39 is 0 Å². The number of carbonyl (C=O) groups is 2. The van der Waals surface area contributed by atoms with E-state index >= 15 is 0 Å². The van der Waals surface area contributed by atoms with Crippen molar-refractivity contribution in [3.8, 4) is 0 Å². The van der Waals surface area contributed by atoms with Crippen LogP contribution in [0, 0.1) is 5.92 Å². The van der Waals surface area contributed by atoms with Crippen LogP contribution in [-0.4, -0.2) is 60.9 Å². The molecule has 4 rings (SSSR count). The maximum atomic E-state index is 12.9. The van der Waals surface area contributed by atoms with Gasteiger partial charge in [-0.15, -0.1) is 12.4 Å². The van der Waals surface area contributed by atoms with Gasteiger partial charge in [-0.3, -0.25) is 9.59 Å². The predicted molar refractivity (Wildman–Crippen MR) is 114 cm³/mol. The minimum atomic E-state index is 0. The van der Waals surface area contributed by atoms with E-state index in [0.29, 0.717) is 25.5 Å². The molecule has 7 heteroatoms. The number of nitrogen functional groups attached to an aromatic ring is 1. The fourth-order valence-electron chi connectivity index (χ4n) is 4.73. The van der Waals surface area contributed by atoms with Gasteiger partial charge in [0.05, 0.1) is 6.54 Å². The molecular formula is C21H31ClN4O2. The monoisotopic (exact) mass is 406 g/mol. The molecule has 0 unspecified atom stereocenters. The van der Waals surface area contributed by atoms with Gasteiger partial charge in [-0.2, -0.15) is 0 Å². The average molecular weight is 407 g/mol. The number of halogens is 1. The highest BCUT2D eigenvalue weighted by Gasteiger charge is 2.32. The molecule has 28 heavy (non-hydrogen) atoms. The van der Waals surface area contributed by atoms with Crippen LogP contribution in [0.5, 0.6) is 0 Å². The smallest absolute Gasteiger partial charge is 0.242 e. The zero-order valence-corrected chi connectivity index (χ0v) is 17.3. The summed E-state index contributed by atoms with van der Waals surface area (Å²) in [5.41, 5.74) is 9.22. The lowest BCUT2D eigenvalue weighted by Crippen LogP contribution is -2.47. The Hall–Kier alpha value is -1.95. The number of carbonyl (C=O) groups excluding carboxylic acids is 2. The number of benzene rings is 1. The molecule has 1 aromatic rings. The predicted octanol–water partition coefficient (Wildman–Crippen LogP) is 2.30. The molecule has 0 radical (unpaired) electrons. The summed E-state index contributed by atoms with van der Waals surface area (Å²) in [5.74, 6) is 0.569. The number of fused-ring (bicyclic) bond motifs is 1. The number of hydrogen-bond acceptors (Lipinski definition) is 4. The normalized spacial score (nSPS) is 19.9. The Morgan fingerprint density at radius 1 is 0.964 bits per heavy atom. The Bertz CT molecular complexity index is 712. The van der Waals surface area contributed by atoms with Crippen molar-refractivity contribution in [2.24, 2.45) is 5.92 Å². The minimum Gasteiger partial charge on any atom is -0.398 e. The Balaban J connectivity index is 0.00000225. The maximum absolute atomic E-state index is 12.9. The summed E-state index contributed by atoms with van der Waals surface area (Å²) in [4.78, 5) is 31.5. The van der Waals surface area contributed by atoms with Crippen LogP contribution in [0.2, 0.25) is 0 Å². The van der Waals surface area contributed by atoms with E-state index in [1.165, 1.54) is 5.56 Å². The molecule has 2 amide bonds. The van der Waals surface area contributed by atoms with Crippen molar-refractivity contribution in [3.63, 3.8) is 0 Å². The molecule has 0 bridgehead atoms. The number of likely N-dealkylation sites (tertiary alicyclic amines) is 2. The van der Waals surface area contributed by atoms with Gasteiger partial charge >= 0.3 is 0 Å². The van der Waals surface area contributed by atoms with Gasteiger partial charge in [0.15, 0.2) is 0 Å². The van der Waals surface area contributed by atoms with Crippen molar-refractivity contribution in [2.45, 2.75) is 38.5 Å². The van der Waals surface area contributed by atoms with Gasteiger partial charge in [-0.1, -0.05) is 6.07 Å². The van der Waals surface area contributed by atoms with Gasteiger partial charge in [0.2, 0.25) is 11.8 Å². The van der Waals surface area contributed by atoms with Crippen molar-refractivity contribution in [1.82, 2.24) is 9.80 Å². The zero-order valence-electron chi connectivity index (χ0n) is 16.4. The summed E-state index contributed by atoms with van der Waals surface area (Å²) < 4.78 is 0. The fraction of sp³-hybridized carbons (Fsp3) is 0.619. The van der Waals surface area contributed by atoms with E-state index in [0.717, 1.165) is 69.5 Å². The van der Waals surface area contributed by atoms with Gasteiger partial charge in [-0.05, 0) is 56.2 Å². The van der Waals surface area contributed by atoms with Crippen LogP contribution in [0.1, 0.15) is 37.7 Å². The first kappa shape index (κ1) is 20.8. The van der Waals surface area contributed by atoms with E-state index in [9.17, 15) is 9.59 Å². The third kappa shape index (κ3) is 4.22.